The highest BCUT2D eigenvalue weighted by Crippen LogP contribution is 2.34. The third-order valence-electron chi connectivity index (χ3n) is 6.67. The molecule has 1 aliphatic rings. The molecule has 3 atom stereocenters. The van der Waals surface area contributed by atoms with E-state index in [4.69, 9.17) is 6.57 Å². The monoisotopic (exact) mass is 501 g/mol. The minimum absolute atomic E-state index is 0.0863. The Balaban J connectivity index is 1.63. The number of aromatic nitrogens is 2. The zero-order chi connectivity index (χ0) is 26.2. The number of pyridine rings is 2. The highest BCUT2D eigenvalue weighted by molar-refractivity contribution is 5.89. The average Bonchev–Trinajstić information content (AvgIpc) is 2.85. The van der Waals surface area contributed by atoms with Gasteiger partial charge >= 0.3 is 6.36 Å². The SMILES string of the molecule is [C-]#[N+]c1ccc2c(n1)c(N1C[C@H](CO)N(C(C)c3ccc(OC(F)(F)F)cc3)C[C@H]1C)cc(=O)n2C. The van der Waals surface area contributed by atoms with E-state index < -0.39 is 6.36 Å². The second-order valence-corrected chi connectivity index (χ2v) is 8.90. The maximum atomic E-state index is 12.7. The van der Waals surface area contributed by atoms with E-state index in [9.17, 15) is 23.1 Å². The summed E-state index contributed by atoms with van der Waals surface area (Å²) < 4.78 is 42.9. The third kappa shape index (κ3) is 5.01. The van der Waals surface area contributed by atoms with E-state index in [0.717, 1.165) is 5.56 Å². The largest absolute Gasteiger partial charge is 0.573 e. The molecular formula is C25H26F3N5O3. The molecule has 11 heteroatoms. The van der Waals surface area contributed by atoms with E-state index in [1.165, 1.54) is 22.8 Å². The van der Waals surface area contributed by atoms with Crippen LogP contribution in [-0.4, -0.2) is 57.7 Å². The summed E-state index contributed by atoms with van der Waals surface area (Å²) in [5.41, 5.74) is 2.32. The molecule has 1 unspecified atom stereocenters. The molecule has 0 spiro atoms. The summed E-state index contributed by atoms with van der Waals surface area (Å²) >= 11 is 0. The molecule has 36 heavy (non-hydrogen) atoms. The van der Waals surface area contributed by atoms with Gasteiger partial charge in [-0.3, -0.25) is 9.69 Å². The lowest BCUT2D eigenvalue weighted by Gasteiger charge is -2.48. The maximum absolute atomic E-state index is 12.7. The van der Waals surface area contributed by atoms with Crippen LogP contribution in [0, 0.1) is 6.57 Å². The van der Waals surface area contributed by atoms with Crippen molar-refractivity contribution in [3.05, 3.63) is 69.8 Å². The number of halogens is 3. The topological polar surface area (TPSA) is 75.2 Å². The van der Waals surface area contributed by atoms with Crippen molar-refractivity contribution < 1.29 is 23.0 Å². The summed E-state index contributed by atoms with van der Waals surface area (Å²) in [4.78, 5) is 24.7. The molecule has 1 aliphatic heterocycles. The van der Waals surface area contributed by atoms with Crippen molar-refractivity contribution in [2.75, 3.05) is 24.6 Å². The lowest BCUT2D eigenvalue weighted by molar-refractivity contribution is -0.274. The first-order valence-electron chi connectivity index (χ1n) is 11.4. The van der Waals surface area contributed by atoms with Crippen LogP contribution in [0.5, 0.6) is 5.75 Å². The molecule has 0 radical (unpaired) electrons. The Bertz CT molecular complexity index is 1350. The first-order valence-corrected chi connectivity index (χ1v) is 11.4. The van der Waals surface area contributed by atoms with Gasteiger partial charge in [0, 0.05) is 38.3 Å². The molecule has 4 rings (SSSR count). The Labute approximate surface area is 206 Å². The predicted octanol–water partition coefficient (Wildman–Crippen LogP) is 4.02. The van der Waals surface area contributed by atoms with Gasteiger partial charge < -0.3 is 24.2 Å². The number of piperazine rings is 1. The van der Waals surface area contributed by atoms with Crippen LogP contribution in [0.1, 0.15) is 25.5 Å². The van der Waals surface area contributed by atoms with Gasteiger partial charge in [0.1, 0.15) is 5.75 Å². The van der Waals surface area contributed by atoms with Crippen molar-refractivity contribution in [2.24, 2.45) is 7.05 Å². The normalized spacial score (nSPS) is 19.8. The highest BCUT2D eigenvalue weighted by Gasteiger charge is 2.36. The molecule has 190 valence electrons. The molecule has 1 saturated heterocycles. The number of benzene rings is 1. The number of hydrogen-bond donors (Lipinski definition) is 1. The number of anilines is 1. The van der Waals surface area contributed by atoms with Gasteiger partial charge in [-0.15, -0.1) is 18.2 Å². The van der Waals surface area contributed by atoms with Gasteiger partial charge in [-0.1, -0.05) is 18.7 Å². The van der Waals surface area contributed by atoms with Gasteiger partial charge in [0.2, 0.25) is 5.52 Å². The van der Waals surface area contributed by atoms with Crippen molar-refractivity contribution in [1.82, 2.24) is 14.5 Å². The van der Waals surface area contributed by atoms with Crippen molar-refractivity contribution >= 4 is 22.5 Å². The fourth-order valence-corrected chi connectivity index (χ4v) is 4.76. The number of hydrogen-bond acceptors (Lipinski definition) is 6. The molecular weight excluding hydrogens is 475 g/mol. The van der Waals surface area contributed by atoms with E-state index in [-0.39, 0.29) is 41.9 Å². The van der Waals surface area contributed by atoms with Crippen LogP contribution in [0.4, 0.5) is 24.7 Å². The molecule has 0 aliphatic carbocycles. The molecule has 3 heterocycles. The Hall–Kier alpha value is -3.62. The molecule has 2 aromatic heterocycles. The molecule has 1 fully saturated rings. The molecule has 8 nitrogen and oxygen atoms in total. The standard InChI is InChI=1S/C25H26F3N5O3/c1-15-12-33(16(2)17-5-7-19(8-6-17)36-25(26,27)28)18(14-34)13-32(15)21-11-23(35)31(4)20-9-10-22(29-3)30-24(20)21/h5-11,15-16,18,34H,12-14H2,1-2,4H3/t15-,16?,18-/m1/s1. The molecule has 1 aromatic carbocycles. The van der Waals surface area contributed by atoms with E-state index in [1.807, 2.05) is 18.7 Å². The van der Waals surface area contributed by atoms with Gasteiger partial charge in [-0.05, 0) is 43.7 Å². The number of rotatable bonds is 5. The molecule has 0 amide bonds. The Kier molecular flexibility index (Phi) is 6.93. The summed E-state index contributed by atoms with van der Waals surface area (Å²) in [6.45, 7) is 12.0. The summed E-state index contributed by atoms with van der Waals surface area (Å²) in [5.74, 6) is -0.0712. The molecule has 3 aromatic rings. The Morgan fingerprint density at radius 2 is 1.92 bits per heavy atom. The zero-order valence-corrected chi connectivity index (χ0v) is 20.0. The number of aryl methyl sites for hydroxylation is 1. The first-order chi connectivity index (χ1) is 17.0. The summed E-state index contributed by atoms with van der Waals surface area (Å²) in [5, 5.41) is 10.2. The fraction of sp³-hybridized carbons (Fsp3) is 0.400. The van der Waals surface area contributed by atoms with E-state index >= 15 is 0 Å². The second kappa shape index (κ2) is 9.79. The number of ether oxygens (including phenoxy) is 1. The van der Waals surface area contributed by atoms with Gasteiger partial charge in [0.05, 0.1) is 23.9 Å². The lowest BCUT2D eigenvalue weighted by atomic mass is 9.99. The van der Waals surface area contributed by atoms with Crippen molar-refractivity contribution in [2.45, 2.75) is 38.3 Å². The van der Waals surface area contributed by atoms with Gasteiger partial charge in [-0.25, -0.2) is 0 Å². The van der Waals surface area contributed by atoms with E-state index in [2.05, 4.69) is 19.5 Å². The Morgan fingerprint density at radius 1 is 1.22 bits per heavy atom. The molecule has 0 saturated carbocycles. The van der Waals surface area contributed by atoms with Gasteiger partial charge in [0.15, 0.2) is 0 Å². The van der Waals surface area contributed by atoms with Crippen LogP contribution < -0.4 is 15.2 Å². The van der Waals surface area contributed by atoms with Crippen molar-refractivity contribution in [3.8, 4) is 5.75 Å². The van der Waals surface area contributed by atoms with Crippen LogP contribution >= 0.6 is 0 Å². The van der Waals surface area contributed by atoms with Crippen LogP contribution in [0.2, 0.25) is 0 Å². The quantitative estimate of drug-likeness (QED) is 0.533. The number of aliphatic hydroxyl groups is 1. The summed E-state index contributed by atoms with van der Waals surface area (Å²) in [6.07, 6.45) is -4.76. The van der Waals surface area contributed by atoms with E-state index in [0.29, 0.717) is 29.8 Å². The van der Waals surface area contributed by atoms with Crippen LogP contribution in [0.25, 0.3) is 15.9 Å². The van der Waals surface area contributed by atoms with Crippen LogP contribution in [0.15, 0.2) is 47.3 Å². The van der Waals surface area contributed by atoms with Crippen molar-refractivity contribution in [3.63, 3.8) is 0 Å². The van der Waals surface area contributed by atoms with E-state index in [1.54, 1.807) is 31.3 Å². The number of fused-ring (bicyclic) bond motifs is 1. The zero-order valence-electron chi connectivity index (χ0n) is 20.0. The van der Waals surface area contributed by atoms with Crippen LogP contribution in [0.3, 0.4) is 0 Å². The minimum atomic E-state index is -4.76. The number of aliphatic hydroxyl groups excluding tert-OH is 1. The Morgan fingerprint density at radius 3 is 2.53 bits per heavy atom. The summed E-state index contributed by atoms with van der Waals surface area (Å²) in [7, 11) is 1.65. The predicted molar refractivity (Wildman–Crippen MR) is 129 cm³/mol. The average molecular weight is 502 g/mol. The maximum Gasteiger partial charge on any atom is 0.573 e. The highest BCUT2D eigenvalue weighted by atomic mass is 19.4. The number of alkyl halides is 3. The first kappa shape index (κ1) is 25.5. The van der Waals surface area contributed by atoms with Crippen LogP contribution in [-0.2, 0) is 7.05 Å². The molecule has 1 N–H and O–H groups in total. The third-order valence-corrected chi connectivity index (χ3v) is 6.67. The minimum Gasteiger partial charge on any atom is -0.406 e. The van der Waals surface area contributed by atoms with Gasteiger partial charge in [0.25, 0.3) is 11.4 Å². The number of nitrogens with zero attached hydrogens (tertiary/aromatic N) is 5. The lowest BCUT2D eigenvalue weighted by Crippen LogP contribution is -2.59. The molecule has 0 bridgehead atoms. The fourth-order valence-electron chi connectivity index (χ4n) is 4.76. The van der Waals surface area contributed by atoms with Gasteiger partial charge in [-0.2, -0.15) is 0 Å². The van der Waals surface area contributed by atoms with Crippen molar-refractivity contribution in [1.29, 1.82) is 0 Å². The smallest absolute Gasteiger partial charge is 0.406 e. The second-order valence-electron chi connectivity index (χ2n) is 8.90. The summed E-state index contributed by atoms with van der Waals surface area (Å²) in [6, 6.07) is 9.91.